The van der Waals surface area contributed by atoms with Crippen LogP contribution < -0.4 is 0 Å². The van der Waals surface area contributed by atoms with Crippen LogP contribution in [0.1, 0.15) is 26.2 Å². The van der Waals surface area contributed by atoms with Crippen molar-refractivity contribution < 1.29 is 22.7 Å². The van der Waals surface area contributed by atoms with Gasteiger partial charge in [0, 0.05) is 12.8 Å². The Balaban J connectivity index is 3.39. The minimum atomic E-state index is -3.00. The van der Waals surface area contributed by atoms with Crippen LogP contribution in [0.3, 0.4) is 0 Å². The molecule has 0 radical (unpaired) electrons. The lowest BCUT2D eigenvalue weighted by Crippen LogP contribution is -2.16. The first kappa shape index (κ1) is 12.3. The molecule has 0 aliphatic rings. The first-order chi connectivity index (χ1) is 6.07. The molecule has 0 rings (SSSR count). The van der Waals surface area contributed by atoms with Gasteiger partial charge >= 0.3 is 5.97 Å². The highest BCUT2D eigenvalue weighted by Gasteiger charge is 2.19. The van der Waals surface area contributed by atoms with Crippen LogP contribution in [0, 0.1) is 0 Å². The topological polar surface area (TPSA) is 26.3 Å². The van der Waals surface area contributed by atoms with Gasteiger partial charge in [-0.1, -0.05) is 6.92 Å². The molecule has 0 aromatic heterocycles. The van der Waals surface area contributed by atoms with Crippen LogP contribution in [-0.4, -0.2) is 25.2 Å². The van der Waals surface area contributed by atoms with Crippen molar-refractivity contribution >= 4 is 5.97 Å². The molecule has 0 fully saturated rings. The van der Waals surface area contributed by atoms with Crippen molar-refractivity contribution in [1.82, 2.24) is 0 Å². The van der Waals surface area contributed by atoms with E-state index in [2.05, 4.69) is 4.74 Å². The number of hydrogen-bond donors (Lipinski definition) is 0. The lowest BCUT2D eigenvalue weighted by Gasteiger charge is -2.07. The molecule has 1 atom stereocenters. The molecule has 0 spiro atoms. The van der Waals surface area contributed by atoms with Crippen molar-refractivity contribution in [2.24, 2.45) is 0 Å². The molecule has 0 N–H and O–H groups in total. The van der Waals surface area contributed by atoms with Gasteiger partial charge in [0.05, 0.1) is 6.61 Å². The van der Waals surface area contributed by atoms with Gasteiger partial charge in [0.1, 0.15) is 0 Å². The molecule has 0 bridgehead atoms. The summed E-state index contributed by atoms with van der Waals surface area (Å²) in [6.45, 7) is 1.52. The summed E-state index contributed by atoms with van der Waals surface area (Å²) in [6.07, 6.45) is -4.76. The third kappa shape index (κ3) is 6.42. The van der Waals surface area contributed by atoms with Gasteiger partial charge in [-0.15, -0.1) is 0 Å². The Labute approximate surface area is 75.1 Å². The highest BCUT2D eigenvalue weighted by Crippen LogP contribution is 2.09. The predicted molar refractivity (Wildman–Crippen MR) is 41.4 cm³/mol. The summed E-state index contributed by atoms with van der Waals surface area (Å²) in [5.74, 6) is -0.469. The van der Waals surface area contributed by atoms with Crippen molar-refractivity contribution in [3.05, 3.63) is 0 Å². The van der Waals surface area contributed by atoms with Crippen molar-refractivity contribution in [2.45, 2.75) is 38.8 Å². The molecule has 0 saturated carbocycles. The maximum absolute atomic E-state index is 12.2. The third-order valence-corrected chi connectivity index (χ3v) is 1.38. The molecule has 0 aliphatic heterocycles. The van der Waals surface area contributed by atoms with E-state index in [1.54, 1.807) is 6.92 Å². The second-order valence-corrected chi connectivity index (χ2v) is 2.61. The summed E-state index contributed by atoms with van der Waals surface area (Å²) >= 11 is 0. The molecule has 0 heterocycles. The van der Waals surface area contributed by atoms with E-state index in [0.29, 0.717) is 6.42 Å². The fraction of sp³-hybridized carbons (Fsp3) is 0.875. The van der Waals surface area contributed by atoms with Gasteiger partial charge < -0.3 is 4.74 Å². The SMILES string of the molecule is CCCC(=O)OCCC(F)C(F)F. The van der Waals surface area contributed by atoms with Crippen LogP contribution >= 0.6 is 0 Å². The van der Waals surface area contributed by atoms with Crippen LogP contribution in [0.4, 0.5) is 13.2 Å². The van der Waals surface area contributed by atoms with Gasteiger partial charge in [0.15, 0.2) is 6.17 Å². The lowest BCUT2D eigenvalue weighted by molar-refractivity contribution is -0.144. The summed E-state index contributed by atoms with van der Waals surface area (Å²) in [5.41, 5.74) is 0. The zero-order valence-corrected chi connectivity index (χ0v) is 7.43. The molecule has 13 heavy (non-hydrogen) atoms. The minimum absolute atomic E-state index is 0.242. The Kier molecular flexibility index (Phi) is 6.36. The summed E-state index contributed by atoms with van der Waals surface area (Å²) in [7, 11) is 0. The van der Waals surface area contributed by atoms with Gasteiger partial charge in [-0.25, -0.2) is 13.2 Å². The number of carbonyl (C=O) groups excluding carboxylic acids is 1. The number of ether oxygens (including phenoxy) is 1. The van der Waals surface area contributed by atoms with Crippen molar-refractivity contribution in [3.63, 3.8) is 0 Å². The van der Waals surface area contributed by atoms with E-state index in [4.69, 9.17) is 0 Å². The predicted octanol–water partition coefficient (Wildman–Crippen LogP) is 2.32. The van der Waals surface area contributed by atoms with Crippen LogP contribution in [0.25, 0.3) is 0 Å². The maximum atomic E-state index is 12.2. The monoisotopic (exact) mass is 198 g/mol. The fourth-order valence-corrected chi connectivity index (χ4v) is 0.688. The van der Waals surface area contributed by atoms with Gasteiger partial charge in [-0.2, -0.15) is 0 Å². The normalized spacial score (nSPS) is 13.0. The average Bonchev–Trinajstić information content (AvgIpc) is 2.04. The quantitative estimate of drug-likeness (QED) is 0.612. The largest absolute Gasteiger partial charge is 0.466 e. The van der Waals surface area contributed by atoms with Crippen molar-refractivity contribution in [1.29, 1.82) is 0 Å². The van der Waals surface area contributed by atoms with Gasteiger partial charge in [-0.05, 0) is 6.42 Å². The van der Waals surface area contributed by atoms with E-state index in [9.17, 15) is 18.0 Å². The molecule has 0 saturated heterocycles. The molecule has 5 heteroatoms. The number of halogens is 3. The standard InChI is InChI=1S/C8H13F3O2/c1-2-3-7(12)13-5-4-6(9)8(10)11/h6,8H,2-5H2,1H3. The summed E-state index contributed by atoms with van der Waals surface area (Å²) < 4.78 is 39.9. The summed E-state index contributed by atoms with van der Waals surface area (Å²) in [6, 6.07) is 0. The van der Waals surface area contributed by atoms with Crippen LogP contribution in [0.5, 0.6) is 0 Å². The minimum Gasteiger partial charge on any atom is -0.466 e. The third-order valence-electron chi connectivity index (χ3n) is 1.38. The molecule has 0 aromatic rings. The first-order valence-electron chi connectivity index (χ1n) is 4.15. The van der Waals surface area contributed by atoms with E-state index >= 15 is 0 Å². The van der Waals surface area contributed by atoms with E-state index in [0.717, 1.165) is 0 Å². The van der Waals surface area contributed by atoms with Crippen LogP contribution in [0.15, 0.2) is 0 Å². The molecule has 0 amide bonds. The number of esters is 1. The molecule has 0 aromatic carbocycles. The first-order valence-corrected chi connectivity index (χ1v) is 4.15. The number of rotatable bonds is 6. The number of alkyl halides is 3. The maximum Gasteiger partial charge on any atom is 0.305 e. The zero-order valence-electron chi connectivity index (χ0n) is 7.43. The highest BCUT2D eigenvalue weighted by atomic mass is 19.3. The van der Waals surface area contributed by atoms with Crippen LogP contribution in [0.2, 0.25) is 0 Å². The second-order valence-electron chi connectivity index (χ2n) is 2.61. The van der Waals surface area contributed by atoms with E-state index < -0.39 is 25.0 Å². The van der Waals surface area contributed by atoms with Crippen molar-refractivity contribution in [2.75, 3.05) is 6.61 Å². The van der Waals surface area contributed by atoms with Gasteiger partial charge in [-0.3, -0.25) is 4.79 Å². The molecule has 1 unspecified atom stereocenters. The Morgan fingerprint density at radius 1 is 1.38 bits per heavy atom. The summed E-state index contributed by atoms with van der Waals surface area (Å²) in [5, 5.41) is 0. The Morgan fingerprint density at radius 2 is 2.00 bits per heavy atom. The molecule has 2 nitrogen and oxygen atoms in total. The summed E-state index contributed by atoms with van der Waals surface area (Å²) in [4.78, 5) is 10.7. The lowest BCUT2D eigenvalue weighted by atomic mass is 10.3. The molecular formula is C8H13F3O2. The average molecular weight is 198 g/mol. The van der Waals surface area contributed by atoms with E-state index in [1.807, 2.05) is 0 Å². The highest BCUT2D eigenvalue weighted by molar-refractivity contribution is 5.69. The number of carbonyl (C=O) groups is 1. The van der Waals surface area contributed by atoms with Crippen LogP contribution in [-0.2, 0) is 9.53 Å². The molecule has 0 aliphatic carbocycles. The smallest absolute Gasteiger partial charge is 0.305 e. The van der Waals surface area contributed by atoms with E-state index in [1.165, 1.54) is 0 Å². The van der Waals surface area contributed by atoms with Gasteiger partial charge in [0.25, 0.3) is 6.43 Å². The number of hydrogen-bond acceptors (Lipinski definition) is 2. The van der Waals surface area contributed by atoms with E-state index in [-0.39, 0.29) is 13.0 Å². The molecular weight excluding hydrogens is 185 g/mol. The molecule has 78 valence electrons. The Morgan fingerprint density at radius 3 is 2.46 bits per heavy atom. The zero-order chi connectivity index (χ0) is 10.3. The Bertz CT molecular complexity index is 150. The van der Waals surface area contributed by atoms with Gasteiger partial charge in [0.2, 0.25) is 0 Å². The second kappa shape index (κ2) is 6.74. The Hall–Kier alpha value is -0.740. The van der Waals surface area contributed by atoms with Crippen molar-refractivity contribution in [3.8, 4) is 0 Å². The fourth-order valence-electron chi connectivity index (χ4n) is 0.688.